The average molecular weight is 378 g/mol. The van der Waals surface area contributed by atoms with Gasteiger partial charge in [-0.2, -0.15) is 0 Å². The molecule has 0 aliphatic rings. The van der Waals surface area contributed by atoms with E-state index in [1.807, 2.05) is 70.2 Å². The highest BCUT2D eigenvalue weighted by atomic mass is 32.2. The van der Waals surface area contributed by atoms with Crippen molar-refractivity contribution in [3.63, 3.8) is 0 Å². The van der Waals surface area contributed by atoms with E-state index in [0.29, 0.717) is 24.7 Å². The van der Waals surface area contributed by atoms with E-state index in [0.717, 1.165) is 16.7 Å². The number of rotatable bonds is 9. The highest BCUT2D eigenvalue weighted by Gasteiger charge is 2.19. The molecular formula is C20H27NO4S. The molecule has 0 fully saturated rings. The van der Waals surface area contributed by atoms with Crippen LogP contribution in [-0.2, 0) is 15.8 Å². The average Bonchev–Trinajstić information content (AvgIpc) is 2.58. The lowest BCUT2D eigenvalue weighted by Crippen LogP contribution is -2.28. The molecule has 0 heterocycles. The van der Waals surface area contributed by atoms with E-state index in [9.17, 15) is 8.42 Å². The third kappa shape index (κ3) is 5.47. The zero-order valence-electron chi connectivity index (χ0n) is 15.8. The number of ether oxygens (including phenoxy) is 2. The summed E-state index contributed by atoms with van der Waals surface area (Å²) in [5.74, 6) is 1.24. The molecule has 2 aromatic carbocycles. The smallest absolute Gasteiger partial charge is 0.216 e. The number of benzene rings is 2. The van der Waals surface area contributed by atoms with Gasteiger partial charge in [-0.3, -0.25) is 0 Å². The molecule has 1 N–H and O–H groups in total. The largest absolute Gasteiger partial charge is 0.490 e. The quantitative estimate of drug-likeness (QED) is 0.718. The van der Waals surface area contributed by atoms with Gasteiger partial charge in [0, 0.05) is 6.04 Å². The molecule has 0 amide bonds. The first-order valence-corrected chi connectivity index (χ1v) is 10.5. The standard InChI is InChI=1S/C20H27NO4S/c1-5-24-19-12-11-17(13-20(19)25-6-2)16(4)21-26(22,23)14-18-10-8-7-9-15(18)3/h7-13,16,21H,5-6,14H2,1-4H3/t16-/m0/s1. The third-order valence-corrected chi connectivity index (χ3v) is 5.43. The summed E-state index contributed by atoms with van der Waals surface area (Å²) >= 11 is 0. The van der Waals surface area contributed by atoms with Crippen LogP contribution in [0.4, 0.5) is 0 Å². The molecule has 0 unspecified atom stereocenters. The molecule has 0 aliphatic carbocycles. The fraction of sp³-hybridized carbons (Fsp3) is 0.400. The van der Waals surface area contributed by atoms with E-state index >= 15 is 0 Å². The van der Waals surface area contributed by atoms with E-state index in [4.69, 9.17) is 9.47 Å². The first-order valence-electron chi connectivity index (χ1n) is 8.80. The van der Waals surface area contributed by atoms with Gasteiger partial charge in [0.1, 0.15) is 0 Å². The van der Waals surface area contributed by atoms with Crippen LogP contribution in [0, 0.1) is 6.92 Å². The first kappa shape index (κ1) is 20.3. The maximum absolute atomic E-state index is 12.5. The Labute approximate surface area is 156 Å². The van der Waals surface area contributed by atoms with Crippen LogP contribution in [0.3, 0.4) is 0 Å². The van der Waals surface area contributed by atoms with Gasteiger partial charge in [-0.15, -0.1) is 0 Å². The summed E-state index contributed by atoms with van der Waals surface area (Å²) in [6.45, 7) is 8.59. The van der Waals surface area contributed by atoms with Gasteiger partial charge in [0.05, 0.1) is 19.0 Å². The monoisotopic (exact) mass is 377 g/mol. The van der Waals surface area contributed by atoms with E-state index in [2.05, 4.69) is 4.72 Å². The molecular weight excluding hydrogens is 350 g/mol. The SMILES string of the molecule is CCOc1ccc([C@H](C)NS(=O)(=O)Cc2ccccc2C)cc1OCC. The Morgan fingerprint density at radius 1 is 1.00 bits per heavy atom. The number of nitrogens with one attached hydrogen (secondary N) is 1. The molecule has 26 heavy (non-hydrogen) atoms. The molecule has 5 nitrogen and oxygen atoms in total. The highest BCUT2D eigenvalue weighted by molar-refractivity contribution is 7.88. The lowest BCUT2D eigenvalue weighted by atomic mass is 10.1. The second kappa shape index (κ2) is 9.05. The Balaban J connectivity index is 2.16. The van der Waals surface area contributed by atoms with E-state index in [1.165, 1.54) is 0 Å². The van der Waals surface area contributed by atoms with Crippen molar-refractivity contribution in [2.24, 2.45) is 0 Å². The van der Waals surface area contributed by atoms with Crippen molar-refractivity contribution in [3.8, 4) is 11.5 Å². The van der Waals surface area contributed by atoms with Crippen molar-refractivity contribution in [2.45, 2.75) is 39.5 Å². The van der Waals surface area contributed by atoms with Gasteiger partial charge in [-0.1, -0.05) is 30.3 Å². The molecule has 2 rings (SSSR count). The Morgan fingerprint density at radius 2 is 1.65 bits per heavy atom. The fourth-order valence-electron chi connectivity index (χ4n) is 2.69. The summed E-state index contributed by atoms with van der Waals surface area (Å²) < 4.78 is 39.0. The molecule has 0 bridgehead atoms. The highest BCUT2D eigenvalue weighted by Crippen LogP contribution is 2.31. The van der Waals surface area contributed by atoms with Crippen LogP contribution in [0.5, 0.6) is 11.5 Å². The lowest BCUT2D eigenvalue weighted by molar-refractivity contribution is 0.287. The number of hydrogen-bond donors (Lipinski definition) is 1. The second-order valence-corrected chi connectivity index (χ2v) is 7.85. The second-order valence-electron chi connectivity index (χ2n) is 6.10. The molecule has 0 saturated carbocycles. The molecule has 6 heteroatoms. The zero-order valence-corrected chi connectivity index (χ0v) is 16.6. The minimum atomic E-state index is -3.47. The molecule has 142 valence electrons. The van der Waals surface area contributed by atoms with Crippen LogP contribution < -0.4 is 14.2 Å². The van der Waals surface area contributed by atoms with Gasteiger partial charge < -0.3 is 9.47 Å². The van der Waals surface area contributed by atoms with E-state index in [1.54, 1.807) is 0 Å². The van der Waals surface area contributed by atoms with Gasteiger partial charge in [0.15, 0.2) is 11.5 Å². The van der Waals surface area contributed by atoms with Crippen LogP contribution in [-0.4, -0.2) is 21.6 Å². The maximum atomic E-state index is 12.5. The minimum absolute atomic E-state index is 0.0423. The van der Waals surface area contributed by atoms with Crippen LogP contribution in [0.1, 0.15) is 43.5 Å². The molecule has 0 radical (unpaired) electrons. The van der Waals surface area contributed by atoms with Gasteiger partial charge in [-0.05, 0) is 56.5 Å². The summed E-state index contributed by atoms with van der Waals surface area (Å²) in [6, 6.07) is 12.6. The molecule has 1 atom stereocenters. The van der Waals surface area contributed by atoms with Gasteiger partial charge in [0.2, 0.25) is 10.0 Å². The zero-order chi connectivity index (χ0) is 19.2. The molecule has 0 saturated heterocycles. The Hall–Kier alpha value is -2.05. The summed E-state index contributed by atoms with van der Waals surface area (Å²) in [6.07, 6.45) is 0. The van der Waals surface area contributed by atoms with Gasteiger partial charge in [-0.25, -0.2) is 13.1 Å². The number of sulfonamides is 1. The molecule has 0 aromatic heterocycles. The summed E-state index contributed by atoms with van der Waals surface area (Å²) in [5, 5.41) is 0. The van der Waals surface area contributed by atoms with E-state index in [-0.39, 0.29) is 11.8 Å². The predicted octanol–water partition coefficient (Wildman–Crippen LogP) is 3.97. The van der Waals surface area contributed by atoms with Crippen molar-refractivity contribution in [1.29, 1.82) is 0 Å². The van der Waals surface area contributed by atoms with Crippen molar-refractivity contribution < 1.29 is 17.9 Å². The van der Waals surface area contributed by atoms with Crippen LogP contribution in [0.15, 0.2) is 42.5 Å². The Kier molecular flexibility index (Phi) is 7.06. The lowest BCUT2D eigenvalue weighted by Gasteiger charge is -2.18. The number of hydrogen-bond acceptors (Lipinski definition) is 4. The summed E-state index contributed by atoms with van der Waals surface area (Å²) in [4.78, 5) is 0. The minimum Gasteiger partial charge on any atom is -0.490 e. The molecule has 0 spiro atoms. The summed E-state index contributed by atoms with van der Waals surface area (Å²) in [5.41, 5.74) is 2.59. The molecule has 2 aromatic rings. The van der Waals surface area contributed by atoms with Crippen molar-refractivity contribution in [3.05, 3.63) is 59.2 Å². The molecule has 0 aliphatic heterocycles. The number of aryl methyl sites for hydroxylation is 1. The predicted molar refractivity (Wildman–Crippen MR) is 104 cm³/mol. The van der Waals surface area contributed by atoms with Crippen molar-refractivity contribution in [2.75, 3.05) is 13.2 Å². The van der Waals surface area contributed by atoms with Crippen molar-refractivity contribution in [1.82, 2.24) is 4.72 Å². The van der Waals surface area contributed by atoms with E-state index < -0.39 is 10.0 Å². The normalized spacial score (nSPS) is 12.6. The maximum Gasteiger partial charge on any atom is 0.216 e. The fourth-order valence-corrected chi connectivity index (χ4v) is 4.18. The van der Waals surface area contributed by atoms with Crippen LogP contribution >= 0.6 is 0 Å². The topological polar surface area (TPSA) is 64.6 Å². The summed E-state index contributed by atoms with van der Waals surface area (Å²) in [7, 11) is -3.47. The van der Waals surface area contributed by atoms with Crippen LogP contribution in [0.2, 0.25) is 0 Å². The van der Waals surface area contributed by atoms with Gasteiger partial charge >= 0.3 is 0 Å². The third-order valence-electron chi connectivity index (χ3n) is 4.03. The van der Waals surface area contributed by atoms with Gasteiger partial charge in [0.25, 0.3) is 0 Å². The first-order chi connectivity index (χ1) is 12.4. The van der Waals surface area contributed by atoms with Crippen LogP contribution in [0.25, 0.3) is 0 Å². The Morgan fingerprint density at radius 3 is 2.31 bits per heavy atom. The van der Waals surface area contributed by atoms with Crippen molar-refractivity contribution >= 4 is 10.0 Å². The Bertz CT molecular complexity index is 833.